The lowest BCUT2D eigenvalue weighted by molar-refractivity contribution is 0.0879. The Kier molecular flexibility index (Phi) is 6.59. The maximum absolute atomic E-state index is 13.1. The number of hydrogen-bond acceptors (Lipinski definition) is 6. The molecular weight excluding hydrogens is 386 g/mol. The zero-order valence-corrected chi connectivity index (χ0v) is 17.2. The third-order valence-corrected chi connectivity index (χ3v) is 5.45. The zero-order valence-electron chi connectivity index (χ0n) is 17.2. The van der Waals surface area contributed by atoms with Gasteiger partial charge in [0, 0.05) is 18.0 Å². The van der Waals surface area contributed by atoms with Crippen molar-refractivity contribution in [2.45, 2.75) is 64.5 Å². The standard InChI is InChI=1S/C23H27NO6/c1-13(2)8-11-19(30-23(29)24-14-6-4-3-5-7-14)15-12-18(27)20-16(25)9-10-17(26)21(20)22(15)28/h8-10,12,14,19,25-26H,3-7,11H2,1-2H3,(H,24,29)/t19-/m1/s1. The number of ketones is 2. The fraction of sp³-hybridized carbons (Fsp3) is 0.435. The average Bonchev–Trinajstić information content (AvgIpc) is 2.70. The molecule has 0 spiro atoms. The Morgan fingerprint density at radius 2 is 1.77 bits per heavy atom. The van der Waals surface area contributed by atoms with Crippen molar-refractivity contribution in [3.8, 4) is 11.5 Å². The SMILES string of the molecule is CC(C)=CC[C@@H](OC(=O)NC1CCCCC1)C1=CC(=O)c2c(O)ccc(O)c2C1=O. The quantitative estimate of drug-likeness (QED) is 0.493. The van der Waals surface area contributed by atoms with Gasteiger partial charge in [-0.3, -0.25) is 9.59 Å². The van der Waals surface area contributed by atoms with Crippen LogP contribution in [0.15, 0.2) is 35.4 Å². The Morgan fingerprint density at radius 1 is 1.13 bits per heavy atom. The molecule has 1 atom stereocenters. The van der Waals surface area contributed by atoms with Gasteiger partial charge in [-0.25, -0.2) is 4.79 Å². The number of amides is 1. The molecule has 2 aliphatic rings. The van der Waals surface area contributed by atoms with Gasteiger partial charge >= 0.3 is 6.09 Å². The van der Waals surface area contributed by atoms with Gasteiger partial charge in [0.05, 0.1) is 11.1 Å². The van der Waals surface area contributed by atoms with Gasteiger partial charge in [-0.1, -0.05) is 30.9 Å². The van der Waals surface area contributed by atoms with Crippen LogP contribution in [0.5, 0.6) is 11.5 Å². The second kappa shape index (κ2) is 9.15. The fourth-order valence-electron chi connectivity index (χ4n) is 3.88. The van der Waals surface area contributed by atoms with Gasteiger partial charge in [-0.2, -0.15) is 0 Å². The van der Waals surface area contributed by atoms with E-state index in [0.717, 1.165) is 55.9 Å². The molecule has 3 N–H and O–H groups in total. The molecule has 0 saturated heterocycles. The number of aromatic hydroxyl groups is 2. The van der Waals surface area contributed by atoms with Crippen LogP contribution in [0.3, 0.4) is 0 Å². The molecule has 1 amide bonds. The molecule has 1 aromatic carbocycles. The molecule has 0 bridgehead atoms. The largest absolute Gasteiger partial charge is 0.507 e. The van der Waals surface area contributed by atoms with Crippen LogP contribution in [0.25, 0.3) is 0 Å². The van der Waals surface area contributed by atoms with E-state index in [4.69, 9.17) is 4.74 Å². The van der Waals surface area contributed by atoms with Crippen LogP contribution < -0.4 is 5.32 Å². The second-order valence-corrected chi connectivity index (χ2v) is 8.04. The molecule has 0 radical (unpaired) electrons. The molecular formula is C23H27NO6. The number of ether oxygens (including phenoxy) is 1. The summed E-state index contributed by atoms with van der Waals surface area (Å²) in [6.07, 6.45) is 6.48. The van der Waals surface area contributed by atoms with Gasteiger partial charge in [0.15, 0.2) is 11.6 Å². The number of carbonyl (C=O) groups excluding carboxylic acids is 3. The monoisotopic (exact) mass is 413 g/mol. The van der Waals surface area contributed by atoms with Crippen molar-refractivity contribution in [1.29, 1.82) is 0 Å². The lowest BCUT2D eigenvalue weighted by Crippen LogP contribution is -2.39. The van der Waals surface area contributed by atoms with E-state index >= 15 is 0 Å². The van der Waals surface area contributed by atoms with Crippen molar-refractivity contribution < 1.29 is 29.3 Å². The number of carbonyl (C=O) groups is 3. The maximum atomic E-state index is 13.1. The van der Waals surface area contributed by atoms with Gasteiger partial charge < -0.3 is 20.3 Å². The number of Topliss-reactive ketones (excluding diaryl/α,β-unsaturated/α-hetero) is 1. The molecule has 0 aliphatic heterocycles. The first-order valence-corrected chi connectivity index (χ1v) is 10.2. The number of rotatable bonds is 5. The van der Waals surface area contributed by atoms with Crippen molar-refractivity contribution >= 4 is 17.7 Å². The Morgan fingerprint density at radius 3 is 2.40 bits per heavy atom. The van der Waals surface area contributed by atoms with Crippen molar-refractivity contribution in [2.24, 2.45) is 0 Å². The van der Waals surface area contributed by atoms with E-state index in [-0.39, 0.29) is 34.9 Å². The van der Waals surface area contributed by atoms with E-state index < -0.39 is 29.5 Å². The van der Waals surface area contributed by atoms with Gasteiger partial charge in [0.2, 0.25) is 0 Å². The fourth-order valence-corrected chi connectivity index (χ4v) is 3.88. The van der Waals surface area contributed by atoms with E-state index in [0.29, 0.717) is 0 Å². The predicted octanol–water partition coefficient (Wildman–Crippen LogP) is 4.19. The molecule has 7 heteroatoms. The molecule has 160 valence electrons. The van der Waals surface area contributed by atoms with E-state index in [2.05, 4.69) is 5.32 Å². The van der Waals surface area contributed by atoms with Crippen molar-refractivity contribution in [3.63, 3.8) is 0 Å². The summed E-state index contributed by atoms with van der Waals surface area (Å²) in [5.41, 5.74) is 0.435. The first-order valence-electron chi connectivity index (χ1n) is 10.2. The van der Waals surface area contributed by atoms with Crippen molar-refractivity contribution in [1.82, 2.24) is 5.32 Å². The highest BCUT2D eigenvalue weighted by Gasteiger charge is 2.36. The van der Waals surface area contributed by atoms with Gasteiger partial charge in [-0.05, 0) is 44.9 Å². The molecule has 1 saturated carbocycles. The van der Waals surface area contributed by atoms with Gasteiger partial charge in [0.1, 0.15) is 17.6 Å². The highest BCUT2D eigenvalue weighted by molar-refractivity contribution is 6.27. The summed E-state index contributed by atoms with van der Waals surface area (Å²) in [6, 6.07) is 2.35. The van der Waals surface area contributed by atoms with E-state index in [9.17, 15) is 24.6 Å². The Labute approximate surface area is 175 Å². The predicted molar refractivity (Wildman–Crippen MR) is 111 cm³/mol. The molecule has 0 heterocycles. The third-order valence-electron chi connectivity index (χ3n) is 5.45. The molecule has 1 aromatic rings. The van der Waals surface area contributed by atoms with Crippen LogP contribution in [0.2, 0.25) is 0 Å². The lowest BCUT2D eigenvalue weighted by atomic mass is 9.85. The minimum atomic E-state index is -0.991. The number of hydrogen-bond donors (Lipinski definition) is 3. The normalized spacial score (nSPS) is 17.6. The number of alkyl carbamates (subject to hydrolysis) is 1. The first kappa shape index (κ1) is 21.6. The number of benzene rings is 1. The summed E-state index contributed by atoms with van der Waals surface area (Å²) in [6.45, 7) is 3.75. The summed E-state index contributed by atoms with van der Waals surface area (Å²) in [5, 5.41) is 23.0. The Balaban J connectivity index is 1.87. The highest BCUT2D eigenvalue weighted by Crippen LogP contribution is 2.36. The second-order valence-electron chi connectivity index (χ2n) is 8.04. The first-order chi connectivity index (χ1) is 14.3. The lowest BCUT2D eigenvalue weighted by Gasteiger charge is -2.26. The minimum Gasteiger partial charge on any atom is -0.507 e. The highest BCUT2D eigenvalue weighted by atomic mass is 16.6. The molecule has 30 heavy (non-hydrogen) atoms. The average molecular weight is 413 g/mol. The number of fused-ring (bicyclic) bond motifs is 1. The van der Waals surface area contributed by atoms with E-state index in [1.54, 1.807) is 0 Å². The molecule has 0 aromatic heterocycles. The summed E-state index contributed by atoms with van der Waals surface area (Å²) in [5.74, 6) is -2.05. The van der Waals surface area contributed by atoms with Crippen LogP contribution >= 0.6 is 0 Å². The van der Waals surface area contributed by atoms with Crippen LogP contribution in [0.4, 0.5) is 4.79 Å². The van der Waals surface area contributed by atoms with Crippen molar-refractivity contribution in [2.75, 3.05) is 0 Å². The smallest absolute Gasteiger partial charge is 0.407 e. The third kappa shape index (κ3) is 4.72. The van der Waals surface area contributed by atoms with Crippen molar-refractivity contribution in [3.05, 3.63) is 46.6 Å². The van der Waals surface area contributed by atoms with Crippen LogP contribution in [-0.2, 0) is 4.74 Å². The number of phenols is 2. The molecule has 7 nitrogen and oxygen atoms in total. The zero-order chi connectivity index (χ0) is 21.8. The number of phenolic OH excluding ortho intramolecular Hbond substituents is 2. The summed E-state index contributed by atoms with van der Waals surface area (Å²) < 4.78 is 5.57. The van der Waals surface area contributed by atoms with E-state index in [1.165, 1.54) is 0 Å². The van der Waals surface area contributed by atoms with Gasteiger partial charge in [-0.15, -0.1) is 0 Å². The van der Waals surface area contributed by atoms with Gasteiger partial charge in [0.25, 0.3) is 0 Å². The van der Waals surface area contributed by atoms with E-state index in [1.807, 2.05) is 19.9 Å². The number of nitrogens with one attached hydrogen (secondary N) is 1. The maximum Gasteiger partial charge on any atom is 0.407 e. The number of allylic oxidation sites excluding steroid dienone is 2. The molecule has 2 aliphatic carbocycles. The molecule has 0 unspecified atom stereocenters. The minimum absolute atomic E-state index is 0.0234. The summed E-state index contributed by atoms with van der Waals surface area (Å²) in [4.78, 5) is 38.2. The van der Waals surface area contributed by atoms with Crippen LogP contribution in [-0.4, -0.2) is 40.0 Å². The Bertz CT molecular complexity index is 920. The molecule has 3 rings (SSSR count). The molecule has 1 fully saturated rings. The summed E-state index contributed by atoms with van der Waals surface area (Å²) in [7, 11) is 0. The van der Waals surface area contributed by atoms with Crippen LogP contribution in [0.1, 0.15) is 73.1 Å². The summed E-state index contributed by atoms with van der Waals surface area (Å²) >= 11 is 0. The Hall–Kier alpha value is -3.09. The topological polar surface area (TPSA) is 113 Å². The van der Waals surface area contributed by atoms with Crippen LogP contribution in [0, 0.1) is 0 Å².